The molecule has 2 spiro atoms. The van der Waals surface area contributed by atoms with Gasteiger partial charge in [-0.3, -0.25) is 0 Å². The Bertz CT molecular complexity index is 882. The molecule has 2 aromatic carbocycles. The second-order valence-corrected chi connectivity index (χ2v) is 11.1. The predicted molar refractivity (Wildman–Crippen MR) is 108 cm³/mol. The van der Waals surface area contributed by atoms with Crippen molar-refractivity contribution in [3.05, 3.63) is 68.6 Å². The van der Waals surface area contributed by atoms with Crippen LogP contribution in [0.3, 0.4) is 0 Å². The van der Waals surface area contributed by atoms with Gasteiger partial charge in [-0.25, -0.2) is 0 Å². The van der Waals surface area contributed by atoms with Crippen LogP contribution in [0.1, 0.15) is 38.8 Å². The van der Waals surface area contributed by atoms with E-state index in [1.54, 1.807) is 0 Å². The maximum absolute atomic E-state index is 3.81. The fourth-order valence-corrected chi connectivity index (χ4v) is 7.66. The highest BCUT2D eigenvalue weighted by Crippen LogP contribution is 3.01. The van der Waals surface area contributed by atoms with Crippen molar-refractivity contribution in [2.24, 2.45) is 16.2 Å². The minimum absolute atomic E-state index is 0.00944. The summed E-state index contributed by atoms with van der Waals surface area (Å²) in [5.41, 5.74) is 8.01. The van der Waals surface area contributed by atoms with E-state index < -0.39 is 0 Å². The van der Waals surface area contributed by atoms with Crippen LogP contribution in [-0.4, -0.2) is 0 Å². The quantitative estimate of drug-likeness (QED) is 0.410. The number of hydrogen-bond acceptors (Lipinski definition) is 0. The highest BCUT2D eigenvalue weighted by molar-refractivity contribution is 9.28. The summed E-state index contributed by atoms with van der Waals surface area (Å²) in [6.45, 7) is 9.75. The molecule has 0 aliphatic heterocycles. The Labute approximate surface area is 160 Å². The lowest BCUT2D eigenvalue weighted by Gasteiger charge is -2.15. The zero-order valence-electron chi connectivity index (χ0n) is 14.4. The van der Waals surface area contributed by atoms with Gasteiger partial charge in [-0.15, -0.1) is 0 Å². The maximum Gasteiger partial charge on any atom is 0.0615 e. The van der Waals surface area contributed by atoms with Gasteiger partial charge in [0.15, 0.2) is 0 Å². The molecule has 3 aliphatic rings. The number of hydrogen-bond donors (Lipinski definition) is 0. The Kier molecular flexibility index (Phi) is 2.63. The summed E-state index contributed by atoms with van der Waals surface area (Å²) in [6, 6.07) is 18.0. The van der Waals surface area contributed by atoms with Crippen molar-refractivity contribution in [3.63, 3.8) is 0 Å². The molecule has 0 nitrogen and oxygen atoms in total. The summed E-state index contributed by atoms with van der Waals surface area (Å²) in [4.78, 5) is 0. The molecule has 2 fully saturated rings. The lowest BCUT2D eigenvalue weighted by molar-refractivity contribution is 0.457. The van der Waals surface area contributed by atoms with Gasteiger partial charge >= 0.3 is 0 Å². The normalized spacial score (nSPS) is 24.7. The maximum atomic E-state index is 3.81. The van der Waals surface area contributed by atoms with Crippen LogP contribution in [0.15, 0.2) is 57.5 Å². The molecule has 24 heavy (non-hydrogen) atoms. The smallest absolute Gasteiger partial charge is 0.0615 e. The number of halogens is 2. The van der Waals surface area contributed by atoms with Gasteiger partial charge in [0.2, 0.25) is 0 Å². The molecule has 0 atom stereocenters. The van der Waals surface area contributed by atoms with E-state index in [-0.39, 0.29) is 21.7 Å². The fourth-order valence-electron chi connectivity index (χ4n) is 6.47. The van der Waals surface area contributed by atoms with E-state index in [9.17, 15) is 0 Å². The van der Waals surface area contributed by atoms with Gasteiger partial charge in [0.05, 0.1) is 8.81 Å². The third-order valence-electron chi connectivity index (χ3n) is 7.77. The molecular weight excluding hydrogens is 424 g/mol. The molecule has 2 heteroatoms. The first kappa shape index (κ1) is 15.4. The van der Waals surface area contributed by atoms with Gasteiger partial charge in [0.25, 0.3) is 0 Å². The Hall–Kier alpha value is -0.860. The lowest BCUT2D eigenvalue weighted by atomic mass is 9.86. The van der Waals surface area contributed by atoms with Crippen LogP contribution in [0, 0.1) is 16.2 Å². The van der Waals surface area contributed by atoms with E-state index in [1.807, 2.05) is 0 Å². The Balaban J connectivity index is 1.96. The number of rotatable bonds is 0. The van der Waals surface area contributed by atoms with Crippen LogP contribution in [0.5, 0.6) is 0 Å². The van der Waals surface area contributed by atoms with Crippen LogP contribution < -0.4 is 0 Å². The zero-order valence-corrected chi connectivity index (χ0v) is 17.5. The molecular formula is C22H20Br2. The van der Waals surface area contributed by atoms with Crippen LogP contribution in [-0.2, 0) is 5.41 Å². The first-order chi connectivity index (χ1) is 11.3. The second kappa shape index (κ2) is 4.10. The van der Waals surface area contributed by atoms with Crippen molar-refractivity contribution in [3.8, 4) is 11.1 Å². The Morgan fingerprint density at radius 1 is 0.708 bits per heavy atom. The molecule has 0 aromatic heterocycles. The molecule has 5 rings (SSSR count). The predicted octanol–water partition coefficient (Wildman–Crippen LogP) is 7.02. The number of allylic oxidation sites excluding steroid dienone is 1. The average molecular weight is 444 g/mol. The Morgan fingerprint density at radius 2 is 1.12 bits per heavy atom. The highest BCUT2D eigenvalue weighted by Gasteiger charge is 2.98. The molecule has 2 saturated carbocycles. The first-order valence-corrected chi connectivity index (χ1v) is 10.1. The third kappa shape index (κ3) is 1.18. The van der Waals surface area contributed by atoms with E-state index in [4.69, 9.17) is 0 Å². The van der Waals surface area contributed by atoms with Crippen molar-refractivity contribution in [2.75, 3.05) is 0 Å². The summed E-state index contributed by atoms with van der Waals surface area (Å²) >= 11 is 7.61. The number of fused-ring (bicyclic) bond motifs is 6. The van der Waals surface area contributed by atoms with E-state index in [0.29, 0.717) is 0 Å². The largest absolute Gasteiger partial charge is 0.0619 e. The van der Waals surface area contributed by atoms with Gasteiger partial charge in [0, 0.05) is 5.41 Å². The van der Waals surface area contributed by atoms with E-state index in [1.165, 1.54) is 27.8 Å². The molecule has 2 aromatic rings. The molecule has 0 amide bonds. The standard InChI is InChI=1S/C22H20Br2/c1-19(2)20(3,4)22(19)17(18(23)24)21(22)15-11-7-5-9-13(15)14-10-6-8-12-16(14)21/h5-12H,1-4H3. The van der Waals surface area contributed by atoms with Crippen molar-refractivity contribution < 1.29 is 0 Å². The minimum atomic E-state index is 0.00944. The molecule has 0 bridgehead atoms. The van der Waals surface area contributed by atoms with Gasteiger partial charge in [-0.2, -0.15) is 0 Å². The van der Waals surface area contributed by atoms with Crippen LogP contribution in [0.2, 0.25) is 0 Å². The first-order valence-electron chi connectivity index (χ1n) is 8.53. The summed E-state index contributed by atoms with van der Waals surface area (Å²) < 4.78 is 1.14. The van der Waals surface area contributed by atoms with Crippen molar-refractivity contribution in [2.45, 2.75) is 33.1 Å². The molecule has 122 valence electrons. The minimum Gasteiger partial charge on any atom is -0.0619 e. The van der Waals surface area contributed by atoms with Gasteiger partial charge < -0.3 is 0 Å². The summed E-state index contributed by atoms with van der Waals surface area (Å²) in [6.07, 6.45) is 0. The van der Waals surface area contributed by atoms with E-state index >= 15 is 0 Å². The lowest BCUT2D eigenvalue weighted by Crippen LogP contribution is -2.12. The molecule has 3 aliphatic carbocycles. The van der Waals surface area contributed by atoms with Crippen LogP contribution >= 0.6 is 31.9 Å². The molecule has 0 N–H and O–H groups in total. The fraction of sp³-hybridized carbons (Fsp3) is 0.364. The van der Waals surface area contributed by atoms with Crippen LogP contribution in [0.25, 0.3) is 11.1 Å². The summed E-state index contributed by atoms with van der Waals surface area (Å²) in [7, 11) is 0. The van der Waals surface area contributed by atoms with Gasteiger partial charge in [0.1, 0.15) is 0 Å². The molecule has 0 unspecified atom stereocenters. The topological polar surface area (TPSA) is 0 Å². The summed E-state index contributed by atoms with van der Waals surface area (Å²) in [5.74, 6) is 0. The number of benzene rings is 2. The van der Waals surface area contributed by atoms with Gasteiger partial charge in [-0.1, -0.05) is 76.2 Å². The second-order valence-electron chi connectivity index (χ2n) is 8.48. The SMILES string of the molecule is CC1(C)C(C)(C)C12C(=C(Br)Br)C21c2ccccc2-c2ccccc21. The molecule has 0 heterocycles. The van der Waals surface area contributed by atoms with Crippen molar-refractivity contribution in [1.29, 1.82) is 0 Å². The Morgan fingerprint density at radius 3 is 1.46 bits per heavy atom. The van der Waals surface area contributed by atoms with Gasteiger partial charge in [-0.05, 0) is 70.5 Å². The van der Waals surface area contributed by atoms with Crippen molar-refractivity contribution >= 4 is 31.9 Å². The van der Waals surface area contributed by atoms with Crippen LogP contribution in [0.4, 0.5) is 0 Å². The molecule has 0 radical (unpaired) electrons. The van der Waals surface area contributed by atoms with E-state index in [2.05, 4.69) is 108 Å². The van der Waals surface area contributed by atoms with Crippen molar-refractivity contribution in [1.82, 2.24) is 0 Å². The third-order valence-corrected chi connectivity index (χ3v) is 8.56. The zero-order chi connectivity index (χ0) is 17.1. The molecule has 0 saturated heterocycles. The average Bonchev–Trinajstić information content (AvgIpc) is 3.25. The highest BCUT2D eigenvalue weighted by atomic mass is 79.9. The monoisotopic (exact) mass is 442 g/mol. The summed E-state index contributed by atoms with van der Waals surface area (Å²) in [5, 5.41) is 0. The van der Waals surface area contributed by atoms with E-state index in [0.717, 1.165) is 3.39 Å².